The molecule has 1 aliphatic carbocycles. The van der Waals surface area contributed by atoms with Crippen LogP contribution in [-0.4, -0.2) is 23.1 Å². The number of nitrogens with one attached hydrogen (secondary N) is 2. The van der Waals surface area contributed by atoms with Crippen molar-refractivity contribution < 1.29 is 18.0 Å². The number of aromatic amines is 1. The first-order chi connectivity index (χ1) is 11.2. The SMILES string of the molecule is C[C@H](CC(F)(F)F)C(=O)N[C@@H]1CCc2[nH]c3ccc(Br)cc3c2C1. The molecule has 1 heterocycles. The Morgan fingerprint density at radius 2 is 2.21 bits per heavy atom. The standard InChI is InChI=1S/C17H18BrF3N2O/c1-9(8-17(19,20)21)16(24)22-11-3-5-15-13(7-11)12-6-10(18)2-4-14(12)23-15/h2,4,6,9,11,23H,3,5,7-8H2,1H3,(H,22,24)/t9-,11-/m1/s1. The van der Waals surface area contributed by atoms with E-state index in [0.717, 1.165) is 39.5 Å². The van der Waals surface area contributed by atoms with Crippen molar-refractivity contribution in [2.24, 2.45) is 5.92 Å². The van der Waals surface area contributed by atoms with Crippen molar-refractivity contribution in [1.29, 1.82) is 0 Å². The highest BCUT2D eigenvalue weighted by atomic mass is 79.9. The molecule has 1 aromatic heterocycles. The lowest BCUT2D eigenvalue weighted by Crippen LogP contribution is -2.42. The quantitative estimate of drug-likeness (QED) is 0.780. The number of hydrogen-bond donors (Lipinski definition) is 2. The lowest BCUT2D eigenvalue weighted by Gasteiger charge is -2.25. The van der Waals surface area contributed by atoms with E-state index < -0.39 is 24.4 Å². The summed E-state index contributed by atoms with van der Waals surface area (Å²) in [6, 6.07) is 5.86. The molecule has 1 aromatic carbocycles. The van der Waals surface area contributed by atoms with E-state index in [1.807, 2.05) is 18.2 Å². The van der Waals surface area contributed by atoms with Gasteiger partial charge in [-0.2, -0.15) is 13.2 Å². The molecule has 0 aliphatic heterocycles. The topological polar surface area (TPSA) is 44.9 Å². The zero-order valence-corrected chi connectivity index (χ0v) is 14.7. The molecule has 3 nitrogen and oxygen atoms in total. The average molecular weight is 403 g/mol. The largest absolute Gasteiger partial charge is 0.389 e. The van der Waals surface area contributed by atoms with Gasteiger partial charge < -0.3 is 10.3 Å². The number of aromatic nitrogens is 1. The molecule has 2 aromatic rings. The van der Waals surface area contributed by atoms with E-state index in [9.17, 15) is 18.0 Å². The van der Waals surface area contributed by atoms with Crippen LogP contribution in [0.25, 0.3) is 10.9 Å². The van der Waals surface area contributed by atoms with E-state index in [2.05, 4.69) is 26.2 Å². The van der Waals surface area contributed by atoms with Crippen molar-refractivity contribution >= 4 is 32.7 Å². The van der Waals surface area contributed by atoms with Crippen molar-refractivity contribution in [3.63, 3.8) is 0 Å². The second-order valence-electron chi connectivity index (χ2n) is 6.44. The van der Waals surface area contributed by atoms with Gasteiger partial charge in [-0.15, -0.1) is 0 Å². The molecule has 7 heteroatoms. The van der Waals surface area contributed by atoms with Crippen molar-refractivity contribution in [2.75, 3.05) is 0 Å². The highest BCUT2D eigenvalue weighted by Crippen LogP contribution is 2.31. The number of carbonyl (C=O) groups excluding carboxylic acids is 1. The molecule has 1 aliphatic rings. The first-order valence-corrected chi connectivity index (χ1v) is 8.68. The number of hydrogen-bond acceptors (Lipinski definition) is 1. The van der Waals surface area contributed by atoms with Gasteiger partial charge in [0.2, 0.25) is 5.91 Å². The van der Waals surface area contributed by atoms with Crippen LogP contribution in [0.5, 0.6) is 0 Å². The number of fused-ring (bicyclic) bond motifs is 3. The monoisotopic (exact) mass is 402 g/mol. The molecule has 1 amide bonds. The van der Waals surface area contributed by atoms with E-state index in [1.165, 1.54) is 6.92 Å². The second-order valence-corrected chi connectivity index (χ2v) is 7.36. The van der Waals surface area contributed by atoms with E-state index in [-0.39, 0.29) is 6.04 Å². The molecular formula is C17H18BrF3N2O. The third-order valence-electron chi connectivity index (χ3n) is 4.48. The van der Waals surface area contributed by atoms with Gasteiger partial charge in [0.05, 0.1) is 6.42 Å². The molecule has 3 rings (SSSR count). The predicted molar refractivity (Wildman–Crippen MR) is 89.8 cm³/mol. The Kier molecular flexibility index (Phi) is 4.64. The second kappa shape index (κ2) is 6.43. The van der Waals surface area contributed by atoms with Crippen LogP contribution < -0.4 is 5.32 Å². The van der Waals surface area contributed by atoms with Gasteiger partial charge in [-0.05, 0) is 43.0 Å². The van der Waals surface area contributed by atoms with Gasteiger partial charge in [-0.3, -0.25) is 4.79 Å². The Morgan fingerprint density at radius 3 is 2.92 bits per heavy atom. The fraction of sp³-hybridized carbons (Fsp3) is 0.471. The molecule has 2 N–H and O–H groups in total. The van der Waals surface area contributed by atoms with Crippen LogP contribution in [0.3, 0.4) is 0 Å². The summed E-state index contributed by atoms with van der Waals surface area (Å²) in [4.78, 5) is 15.4. The van der Waals surface area contributed by atoms with Crippen LogP contribution in [0.4, 0.5) is 13.2 Å². The molecule has 2 atom stereocenters. The van der Waals surface area contributed by atoms with Gasteiger partial charge in [0.25, 0.3) is 0 Å². The van der Waals surface area contributed by atoms with Crippen LogP contribution in [0.1, 0.15) is 31.0 Å². The maximum absolute atomic E-state index is 12.4. The maximum atomic E-state index is 12.4. The summed E-state index contributed by atoms with van der Waals surface area (Å²) < 4.78 is 38.2. The summed E-state index contributed by atoms with van der Waals surface area (Å²) in [6.07, 6.45) is -3.27. The lowest BCUT2D eigenvalue weighted by atomic mass is 9.91. The minimum Gasteiger partial charge on any atom is -0.358 e. The highest BCUT2D eigenvalue weighted by molar-refractivity contribution is 9.10. The number of carbonyl (C=O) groups is 1. The molecule has 130 valence electrons. The van der Waals surface area contributed by atoms with Gasteiger partial charge in [0.1, 0.15) is 0 Å². The van der Waals surface area contributed by atoms with Crippen LogP contribution in [0.2, 0.25) is 0 Å². The molecule has 0 spiro atoms. The number of alkyl halides is 3. The Hall–Kier alpha value is -1.50. The number of benzene rings is 1. The van der Waals surface area contributed by atoms with Crippen molar-refractivity contribution in [3.05, 3.63) is 33.9 Å². The molecule has 0 fully saturated rings. The van der Waals surface area contributed by atoms with Gasteiger partial charge in [-0.25, -0.2) is 0 Å². The number of H-pyrrole nitrogens is 1. The molecule has 0 bridgehead atoms. The highest BCUT2D eigenvalue weighted by Gasteiger charge is 2.34. The van der Waals surface area contributed by atoms with Crippen molar-refractivity contribution in [1.82, 2.24) is 10.3 Å². The summed E-state index contributed by atoms with van der Waals surface area (Å²) in [5, 5.41) is 3.89. The molecule has 0 saturated heterocycles. The number of aryl methyl sites for hydroxylation is 1. The van der Waals surface area contributed by atoms with Crippen molar-refractivity contribution in [3.8, 4) is 0 Å². The fourth-order valence-corrected chi connectivity index (χ4v) is 3.66. The molecule has 24 heavy (non-hydrogen) atoms. The maximum Gasteiger partial charge on any atom is 0.389 e. The number of amides is 1. The summed E-state index contributed by atoms with van der Waals surface area (Å²) in [6.45, 7) is 1.32. The first kappa shape index (κ1) is 17.3. The minimum atomic E-state index is -4.32. The smallest absolute Gasteiger partial charge is 0.358 e. The van der Waals surface area contributed by atoms with Crippen LogP contribution in [0, 0.1) is 5.92 Å². The third-order valence-corrected chi connectivity index (χ3v) is 4.97. The van der Waals surface area contributed by atoms with Gasteiger partial charge in [0.15, 0.2) is 0 Å². The minimum absolute atomic E-state index is 0.126. The summed E-state index contributed by atoms with van der Waals surface area (Å²) in [5.41, 5.74) is 3.34. The van der Waals surface area contributed by atoms with Gasteiger partial charge >= 0.3 is 6.18 Å². The fourth-order valence-electron chi connectivity index (χ4n) is 3.30. The van der Waals surface area contributed by atoms with E-state index in [1.54, 1.807) is 0 Å². The predicted octanol–water partition coefficient (Wildman–Crippen LogP) is 4.49. The van der Waals surface area contributed by atoms with Crippen LogP contribution in [-0.2, 0) is 17.6 Å². The number of halogens is 4. The summed E-state index contributed by atoms with van der Waals surface area (Å²) >= 11 is 3.46. The van der Waals surface area contributed by atoms with E-state index >= 15 is 0 Å². The molecule has 0 unspecified atom stereocenters. The molecule has 0 saturated carbocycles. The summed E-state index contributed by atoms with van der Waals surface area (Å²) in [7, 11) is 0. The van der Waals surface area contributed by atoms with Gasteiger partial charge in [0, 0.05) is 33.0 Å². The Morgan fingerprint density at radius 1 is 1.46 bits per heavy atom. The zero-order valence-electron chi connectivity index (χ0n) is 13.1. The van der Waals surface area contributed by atoms with E-state index in [0.29, 0.717) is 6.42 Å². The van der Waals surface area contributed by atoms with Gasteiger partial charge in [-0.1, -0.05) is 22.9 Å². The lowest BCUT2D eigenvalue weighted by molar-refractivity contribution is -0.153. The normalized spacial score (nSPS) is 19.1. The zero-order chi connectivity index (χ0) is 17.5. The molecular weight excluding hydrogens is 385 g/mol. The Labute approximate surface area is 146 Å². The number of rotatable bonds is 3. The third kappa shape index (κ3) is 3.77. The molecule has 0 radical (unpaired) electrons. The Balaban J connectivity index is 1.72. The van der Waals surface area contributed by atoms with Crippen LogP contribution >= 0.6 is 15.9 Å². The average Bonchev–Trinajstić information content (AvgIpc) is 2.83. The van der Waals surface area contributed by atoms with E-state index in [4.69, 9.17) is 0 Å². The summed E-state index contributed by atoms with van der Waals surface area (Å²) in [5.74, 6) is -1.59. The Bertz CT molecular complexity index is 769. The van der Waals surface area contributed by atoms with Crippen molar-refractivity contribution in [2.45, 2.75) is 44.8 Å². The first-order valence-electron chi connectivity index (χ1n) is 7.89. The van der Waals surface area contributed by atoms with Crippen LogP contribution in [0.15, 0.2) is 22.7 Å².